The Bertz CT molecular complexity index is 530. The standard InChI is InChI=1S/C11H15N5S/c1-12-11-15-14-10(16(11)2)9-7-4-6-17-8(7)3-5-13-9/h4,6,9,13H,3,5H2,1-2H3,(H,12,15). The molecule has 0 aromatic carbocycles. The predicted octanol–water partition coefficient (Wildman–Crippen LogP) is 1.15. The van der Waals surface area contributed by atoms with Gasteiger partial charge in [-0.2, -0.15) is 0 Å². The third kappa shape index (κ3) is 1.64. The van der Waals surface area contributed by atoms with Gasteiger partial charge in [0.1, 0.15) is 0 Å². The van der Waals surface area contributed by atoms with Crippen molar-refractivity contribution in [3.05, 3.63) is 27.7 Å². The molecule has 2 aromatic rings. The van der Waals surface area contributed by atoms with Gasteiger partial charge in [-0.25, -0.2) is 0 Å². The van der Waals surface area contributed by atoms with Crippen molar-refractivity contribution < 1.29 is 0 Å². The smallest absolute Gasteiger partial charge is 0.224 e. The summed E-state index contributed by atoms with van der Waals surface area (Å²) in [5.74, 6) is 1.76. The number of hydrogen-bond acceptors (Lipinski definition) is 5. The molecular formula is C11H15N5S. The zero-order valence-electron chi connectivity index (χ0n) is 9.90. The summed E-state index contributed by atoms with van der Waals surface area (Å²) in [4.78, 5) is 1.46. The van der Waals surface area contributed by atoms with Gasteiger partial charge in [0, 0.05) is 25.5 Å². The minimum Gasteiger partial charge on any atom is -0.357 e. The number of nitrogens with one attached hydrogen (secondary N) is 2. The minimum absolute atomic E-state index is 0.171. The van der Waals surface area contributed by atoms with Gasteiger partial charge in [0.15, 0.2) is 5.82 Å². The highest BCUT2D eigenvalue weighted by atomic mass is 32.1. The summed E-state index contributed by atoms with van der Waals surface area (Å²) in [5, 5.41) is 17.1. The lowest BCUT2D eigenvalue weighted by atomic mass is 10.0. The van der Waals surface area contributed by atoms with Crippen LogP contribution in [0.1, 0.15) is 22.3 Å². The highest BCUT2D eigenvalue weighted by Crippen LogP contribution is 2.31. The number of nitrogens with zero attached hydrogens (tertiary/aromatic N) is 3. The second-order valence-electron chi connectivity index (χ2n) is 4.13. The molecule has 0 bridgehead atoms. The number of hydrogen-bond donors (Lipinski definition) is 2. The summed E-state index contributed by atoms with van der Waals surface area (Å²) in [6.45, 7) is 1.000. The third-order valence-electron chi connectivity index (χ3n) is 3.18. The number of anilines is 1. The van der Waals surface area contributed by atoms with Crippen molar-refractivity contribution in [3.8, 4) is 0 Å². The van der Waals surface area contributed by atoms with E-state index in [9.17, 15) is 0 Å². The Kier molecular flexibility index (Phi) is 2.60. The molecule has 17 heavy (non-hydrogen) atoms. The molecule has 1 unspecified atom stereocenters. The summed E-state index contributed by atoms with van der Waals surface area (Å²) in [5.41, 5.74) is 1.35. The summed E-state index contributed by atoms with van der Waals surface area (Å²) in [7, 11) is 3.85. The lowest BCUT2D eigenvalue weighted by molar-refractivity contribution is 0.534. The third-order valence-corrected chi connectivity index (χ3v) is 4.18. The molecule has 3 heterocycles. The molecule has 0 saturated carbocycles. The van der Waals surface area contributed by atoms with Gasteiger partial charge in [0.05, 0.1) is 6.04 Å². The summed E-state index contributed by atoms with van der Waals surface area (Å²) in [6, 6.07) is 2.36. The number of thiophene rings is 1. The van der Waals surface area contributed by atoms with Crippen LogP contribution in [0.5, 0.6) is 0 Å². The van der Waals surface area contributed by atoms with Gasteiger partial charge in [-0.3, -0.25) is 4.57 Å². The Hall–Kier alpha value is -1.40. The molecule has 2 aromatic heterocycles. The predicted molar refractivity (Wildman–Crippen MR) is 68.4 cm³/mol. The van der Waals surface area contributed by atoms with Crippen molar-refractivity contribution in [1.82, 2.24) is 20.1 Å². The second kappa shape index (κ2) is 4.12. The lowest BCUT2D eigenvalue weighted by Gasteiger charge is -2.23. The van der Waals surface area contributed by atoms with Crippen molar-refractivity contribution in [2.24, 2.45) is 7.05 Å². The van der Waals surface area contributed by atoms with Gasteiger partial charge in [-0.1, -0.05) is 0 Å². The van der Waals surface area contributed by atoms with Crippen LogP contribution in [0.4, 0.5) is 5.95 Å². The Labute approximate surface area is 104 Å². The Morgan fingerprint density at radius 2 is 2.41 bits per heavy atom. The number of fused-ring (bicyclic) bond motifs is 1. The topological polar surface area (TPSA) is 54.8 Å². The van der Waals surface area contributed by atoms with Crippen LogP contribution in [0, 0.1) is 0 Å². The van der Waals surface area contributed by atoms with E-state index in [1.54, 1.807) is 0 Å². The van der Waals surface area contributed by atoms with Gasteiger partial charge in [0.25, 0.3) is 0 Å². The second-order valence-corrected chi connectivity index (χ2v) is 5.13. The molecule has 90 valence electrons. The van der Waals surface area contributed by atoms with Gasteiger partial charge in [0.2, 0.25) is 5.95 Å². The Morgan fingerprint density at radius 3 is 3.18 bits per heavy atom. The van der Waals surface area contributed by atoms with E-state index in [2.05, 4.69) is 32.3 Å². The Morgan fingerprint density at radius 1 is 1.53 bits per heavy atom. The van der Waals surface area contributed by atoms with Crippen molar-refractivity contribution in [2.45, 2.75) is 12.5 Å². The van der Waals surface area contributed by atoms with E-state index in [4.69, 9.17) is 0 Å². The first-order valence-corrected chi connectivity index (χ1v) is 6.56. The van der Waals surface area contributed by atoms with E-state index in [0.29, 0.717) is 0 Å². The molecule has 0 radical (unpaired) electrons. The first-order valence-electron chi connectivity index (χ1n) is 5.68. The molecule has 1 aliphatic rings. The molecule has 0 amide bonds. The Balaban J connectivity index is 2.03. The van der Waals surface area contributed by atoms with Crippen molar-refractivity contribution in [2.75, 3.05) is 18.9 Å². The monoisotopic (exact) mass is 249 g/mol. The highest BCUT2D eigenvalue weighted by Gasteiger charge is 2.26. The van der Waals surface area contributed by atoms with E-state index >= 15 is 0 Å². The van der Waals surface area contributed by atoms with Crippen LogP contribution >= 0.6 is 11.3 Å². The van der Waals surface area contributed by atoms with Crippen molar-refractivity contribution >= 4 is 17.3 Å². The molecule has 0 saturated heterocycles. The molecule has 0 fully saturated rings. The number of rotatable bonds is 2. The van der Waals surface area contributed by atoms with E-state index in [0.717, 1.165) is 24.7 Å². The van der Waals surface area contributed by atoms with Crippen LogP contribution in [0.3, 0.4) is 0 Å². The van der Waals surface area contributed by atoms with Gasteiger partial charge >= 0.3 is 0 Å². The molecule has 6 heteroatoms. The molecule has 3 rings (SSSR count). The first-order chi connectivity index (χ1) is 8.31. The fourth-order valence-electron chi connectivity index (χ4n) is 2.29. The molecule has 2 N–H and O–H groups in total. The SMILES string of the molecule is CNc1nnc(C2NCCc3sccc32)n1C. The van der Waals surface area contributed by atoms with E-state index in [1.807, 2.05) is 30.0 Å². The maximum absolute atomic E-state index is 4.28. The highest BCUT2D eigenvalue weighted by molar-refractivity contribution is 7.10. The molecule has 5 nitrogen and oxygen atoms in total. The van der Waals surface area contributed by atoms with Crippen LogP contribution in [0.15, 0.2) is 11.4 Å². The van der Waals surface area contributed by atoms with Crippen LogP contribution in [0.2, 0.25) is 0 Å². The van der Waals surface area contributed by atoms with Gasteiger partial charge in [-0.05, 0) is 23.4 Å². The minimum atomic E-state index is 0.171. The van der Waals surface area contributed by atoms with Crippen LogP contribution in [0.25, 0.3) is 0 Å². The molecular weight excluding hydrogens is 234 g/mol. The average Bonchev–Trinajstić information content (AvgIpc) is 2.94. The summed E-state index contributed by atoms with van der Waals surface area (Å²) < 4.78 is 2.00. The summed E-state index contributed by atoms with van der Waals surface area (Å²) >= 11 is 1.83. The van der Waals surface area contributed by atoms with Gasteiger partial charge in [-0.15, -0.1) is 21.5 Å². The quantitative estimate of drug-likeness (QED) is 0.838. The largest absolute Gasteiger partial charge is 0.357 e. The maximum Gasteiger partial charge on any atom is 0.224 e. The van der Waals surface area contributed by atoms with Crippen molar-refractivity contribution in [1.29, 1.82) is 0 Å². The number of aromatic nitrogens is 3. The fourth-order valence-corrected chi connectivity index (χ4v) is 3.21. The van der Waals surface area contributed by atoms with Crippen LogP contribution < -0.4 is 10.6 Å². The zero-order valence-corrected chi connectivity index (χ0v) is 10.7. The van der Waals surface area contributed by atoms with E-state index in [1.165, 1.54) is 10.4 Å². The summed E-state index contributed by atoms with van der Waals surface area (Å²) in [6.07, 6.45) is 1.11. The van der Waals surface area contributed by atoms with E-state index in [-0.39, 0.29) is 6.04 Å². The molecule has 0 spiro atoms. The maximum atomic E-state index is 4.28. The normalized spacial score (nSPS) is 19.1. The molecule has 0 aliphatic carbocycles. The van der Waals surface area contributed by atoms with E-state index < -0.39 is 0 Å². The molecule has 1 aliphatic heterocycles. The fraction of sp³-hybridized carbons (Fsp3) is 0.455. The van der Waals surface area contributed by atoms with Crippen LogP contribution in [-0.2, 0) is 13.5 Å². The lowest BCUT2D eigenvalue weighted by Crippen LogP contribution is -2.31. The molecule has 1 atom stereocenters. The van der Waals surface area contributed by atoms with Gasteiger partial charge < -0.3 is 10.6 Å². The first kappa shape index (κ1) is 10.7. The van der Waals surface area contributed by atoms with Crippen molar-refractivity contribution in [3.63, 3.8) is 0 Å². The zero-order chi connectivity index (χ0) is 11.8. The average molecular weight is 249 g/mol. The van der Waals surface area contributed by atoms with Crippen LogP contribution in [-0.4, -0.2) is 28.4 Å².